The van der Waals surface area contributed by atoms with Gasteiger partial charge in [0.2, 0.25) is 11.8 Å². The van der Waals surface area contributed by atoms with Crippen LogP contribution in [0.25, 0.3) is 17.2 Å². The number of aryl methyl sites for hydroxylation is 1. The summed E-state index contributed by atoms with van der Waals surface area (Å²) in [6.45, 7) is 3.38. The maximum Gasteiger partial charge on any atom is 0.246 e. The molecule has 2 aromatic carbocycles. The fourth-order valence-corrected chi connectivity index (χ4v) is 2.58. The second-order valence-electron chi connectivity index (χ2n) is 6.24. The van der Waals surface area contributed by atoms with Gasteiger partial charge in [0.1, 0.15) is 17.3 Å². The summed E-state index contributed by atoms with van der Waals surface area (Å²) in [7, 11) is 1.59. The van der Waals surface area contributed by atoms with E-state index < -0.39 is 6.04 Å². The lowest BCUT2D eigenvalue weighted by atomic mass is 10.2. The molecule has 1 heterocycles. The van der Waals surface area contributed by atoms with Gasteiger partial charge < -0.3 is 19.8 Å². The van der Waals surface area contributed by atoms with Crippen LogP contribution in [0.2, 0.25) is 0 Å². The average molecular weight is 379 g/mol. The van der Waals surface area contributed by atoms with Gasteiger partial charge in [-0.05, 0) is 48.9 Å². The molecule has 1 aromatic heterocycles. The van der Waals surface area contributed by atoms with E-state index in [1.54, 1.807) is 57.4 Å². The number of nitrogens with zero attached hydrogens (tertiary/aromatic N) is 1. The molecule has 2 amide bonds. The summed E-state index contributed by atoms with van der Waals surface area (Å²) in [4.78, 5) is 28.6. The molecule has 1 unspecified atom stereocenters. The Labute approximate surface area is 162 Å². The molecule has 0 saturated carbocycles. The normalized spacial score (nSPS) is 12.1. The van der Waals surface area contributed by atoms with E-state index in [-0.39, 0.29) is 11.8 Å². The van der Waals surface area contributed by atoms with Crippen molar-refractivity contribution in [3.8, 4) is 5.75 Å². The van der Waals surface area contributed by atoms with Crippen molar-refractivity contribution in [2.75, 3.05) is 12.4 Å². The van der Waals surface area contributed by atoms with Crippen LogP contribution in [0.5, 0.6) is 5.75 Å². The molecule has 28 heavy (non-hydrogen) atoms. The van der Waals surface area contributed by atoms with Crippen molar-refractivity contribution in [3.05, 3.63) is 60.0 Å². The number of fused-ring (bicyclic) bond motifs is 1. The van der Waals surface area contributed by atoms with Crippen LogP contribution in [0.15, 0.2) is 53.0 Å². The summed E-state index contributed by atoms with van der Waals surface area (Å²) >= 11 is 0. The van der Waals surface area contributed by atoms with Crippen molar-refractivity contribution >= 4 is 34.7 Å². The van der Waals surface area contributed by atoms with Crippen LogP contribution in [0, 0.1) is 6.92 Å². The molecule has 1 atom stereocenters. The number of carbonyl (C=O) groups is 2. The molecule has 3 aromatic rings. The zero-order chi connectivity index (χ0) is 20.1. The quantitative estimate of drug-likeness (QED) is 0.641. The summed E-state index contributed by atoms with van der Waals surface area (Å²) in [6, 6.07) is 11.8. The third-order valence-electron chi connectivity index (χ3n) is 4.06. The van der Waals surface area contributed by atoms with E-state index in [4.69, 9.17) is 9.15 Å². The van der Waals surface area contributed by atoms with Gasteiger partial charge in [-0.25, -0.2) is 4.98 Å². The Balaban J connectivity index is 1.56. The van der Waals surface area contributed by atoms with Crippen molar-refractivity contribution in [2.45, 2.75) is 19.9 Å². The molecule has 0 saturated heterocycles. The molecule has 3 rings (SSSR count). The maximum atomic E-state index is 12.3. The fourth-order valence-electron chi connectivity index (χ4n) is 2.58. The summed E-state index contributed by atoms with van der Waals surface area (Å²) in [5, 5.41) is 5.40. The number of benzene rings is 2. The monoisotopic (exact) mass is 379 g/mol. The third-order valence-corrected chi connectivity index (χ3v) is 4.06. The first kappa shape index (κ1) is 19.2. The molecule has 7 heteroatoms. The lowest BCUT2D eigenvalue weighted by Gasteiger charge is -2.13. The minimum absolute atomic E-state index is 0.328. The van der Waals surface area contributed by atoms with Crippen LogP contribution in [0.4, 0.5) is 5.69 Å². The number of hydrogen-bond acceptors (Lipinski definition) is 5. The summed E-state index contributed by atoms with van der Waals surface area (Å²) < 4.78 is 10.5. The smallest absolute Gasteiger partial charge is 0.246 e. The predicted molar refractivity (Wildman–Crippen MR) is 107 cm³/mol. The SMILES string of the molecule is COc1ccc(C=CC(=O)NC(C)C(=O)Nc2ccc3oc(C)nc3c2)cc1. The highest BCUT2D eigenvalue weighted by Gasteiger charge is 2.15. The van der Waals surface area contributed by atoms with Gasteiger partial charge >= 0.3 is 0 Å². The standard InChI is InChI=1S/C21H21N3O4/c1-13(22-20(25)11-6-15-4-8-17(27-3)9-5-15)21(26)24-16-7-10-19-18(12-16)23-14(2)28-19/h4-13H,1-3H3,(H,22,25)(H,24,26). The van der Waals surface area contributed by atoms with Gasteiger partial charge in [0.05, 0.1) is 7.11 Å². The van der Waals surface area contributed by atoms with Crippen LogP contribution < -0.4 is 15.4 Å². The van der Waals surface area contributed by atoms with E-state index in [1.807, 2.05) is 12.1 Å². The molecule has 144 valence electrons. The van der Waals surface area contributed by atoms with Crippen LogP contribution in [-0.2, 0) is 9.59 Å². The Hall–Kier alpha value is -3.61. The number of aromatic nitrogens is 1. The van der Waals surface area contributed by atoms with Crippen molar-refractivity contribution in [3.63, 3.8) is 0 Å². The highest BCUT2D eigenvalue weighted by molar-refractivity contribution is 6.00. The maximum absolute atomic E-state index is 12.3. The summed E-state index contributed by atoms with van der Waals surface area (Å²) in [6.07, 6.45) is 3.05. The second kappa shape index (κ2) is 8.39. The van der Waals surface area contributed by atoms with E-state index in [9.17, 15) is 9.59 Å². The number of rotatable bonds is 6. The van der Waals surface area contributed by atoms with Gasteiger partial charge in [0.15, 0.2) is 11.5 Å². The number of ether oxygens (including phenoxy) is 1. The number of hydrogen-bond donors (Lipinski definition) is 2. The zero-order valence-corrected chi connectivity index (χ0v) is 15.9. The Morgan fingerprint density at radius 1 is 1.18 bits per heavy atom. The highest BCUT2D eigenvalue weighted by Crippen LogP contribution is 2.19. The number of methoxy groups -OCH3 is 1. The van der Waals surface area contributed by atoms with E-state index in [0.29, 0.717) is 22.7 Å². The molecule has 0 aliphatic rings. The average Bonchev–Trinajstić information content (AvgIpc) is 3.06. The van der Waals surface area contributed by atoms with Crippen LogP contribution >= 0.6 is 0 Å². The topological polar surface area (TPSA) is 93.5 Å². The molecule has 0 aliphatic heterocycles. The van der Waals surface area contributed by atoms with Gasteiger partial charge in [-0.15, -0.1) is 0 Å². The Morgan fingerprint density at radius 3 is 2.64 bits per heavy atom. The van der Waals surface area contributed by atoms with Crippen molar-refractivity contribution < 1.29 is 18.7 Å². The van der Waals surface area contributed by atoms with Gasteiger partial charge in [0, 0.05) is 18.7 Å². The van der Waals surface area contributed by atoms with Gasteiger partial charge in [-0.3, -0.25) is 9.59 Å². The molecule has 0 spiro atoms. The Morgan fingerprint density at radius 2 is 1.93 bits per heavy atom. The van der Waals surface area contributed by atoms with Gasteiger partial charge in [0.25, 0.3) is 0 Å². The van der Waals surface area contributed by atoms with Crippen LogP contribution in [0.1, 0.15) is 18.4 Å². The fraction of sp³-hybridized carbons (Fsp3) is 0.190. The molecular weight excluding hydrogens is 358 g/mol. The summed E-state index contributed by atoms with van der Waals surface area (Å²) in [5.74, 6) is 0.612. The van der Waals surface area contributed by atoms with Crippen molar-refractivity contribution in [1.82, 2.24) is 10.3 Å². The highest BCUT2D eigenvalue weighted by atomic mass is 16.5. The Kier molecular flexibility index (Phi) is 5.74. The third kappa shape index (κ3) is 4.76. The molecule has 0 radical (unpaired) electrons. The largest absolute Gasteiger partial charge is 0.497 e. The first-order valence-corrected chi connectivity index (χ1v) is 8.75. The molecular formula is C21H21N3O4. The molecule has 0 bridgehead atoms. The first-order chi connectivity index (χ1) is 13.4. The number of oxazole rings is 1. The predicted octanol–water partition coefficient (Wildman–Crippen LogP) is 3.30. The minimum atomic E-state index is -0.706. The lowest BCUT2D eigenvalue weighted by molar-refractivity contribution is -0.123. The summed E-state index contributed by atoms with van der Waals surface area (Å²) in [5.41, 5.74) is 2.75. The first-order valence-electron chi connectivity index (χ1n) is 8.75. The van der Waals surface area contributed by atoms with Crippen LogP contribution in [-0.4, -0.2) is 29.9 Å². The van der Waals surface area contributed by atoms with E-state index >= 15 is 0 Å². The van der Waals surface area contributed by atoms with Crippen LogP contribution in [0.3, 0.4) is 0 Å². The van der Waals surface area contributed by atoms with E-state index in [0.717, 1.165) is 11.3 Å². The molecule has 0 aliphatic carbocycles. The lowest BCUT2D eigenvalue weighted by Crippen LogP contribution is -2.40. The number of carbonyl (C=O) groups excluding carboxylic acids is 2. The molecule has 0 fully saturated rings. The van der Waals surface area contributed by atoms with Gasteiger partial charge in [-0.2, -0.15) is 0 Å². The zero-order valence-electron chi connectivity index (χ0n) is 15.9. The number of amides is 2. The Bertz CT molecular complexity index is 1020. The van der Waals surface area contributed by atoms with Gasteiger partial charge in [-0.1, -0.05) is 12.1 Å². The second-order valence-corrected chi connectivity index (χ2v) is 6.24. The van der Waals surface area contributed by atoms with Crippen molar-refractivity contribution in [1.29, 1.82) is 0 Å². The van der Waals surface area contributed by atoms with Crippen molar-refractivity contribution in [2.24, 2.45) is 0 Å². The minimum Gasteiger partial charge on any atom is -0.497 e. The number of anilines is 1. The number of nitrogens with one attached hydrogen (secondary N) is 2. The molecule has 7 nitrogen and oxygen atoms in total. The molecule has 2 N–H and O–H groups in total. The van der Waals surface area contributed by atoms with E-state index in [1.165, 1.54) is 6.08 Å². The van der Waals surface area contributed by atoms with E-state index in [2.05, 4.69) is 15.6 Å².